The van der Waals surface area contributed by atoms with Gasteiger partial charge in [0.2, 0.25) is 0 Å². The zero-order valence-electron chi connectivity index (χ0n) is 27.8. The molecule has 0 aromatic heterocycles. The Labute approximate surface area is 254 Å². The molecule has 2 rings (SSSR count). The van der Waals surface area contributed by atoms with Crippen LogP contribution in [0.15, 0.2) is 24.3 Å². The number of unbranched alkanes of at least 4 members (excludes halogenated alkanes) is 12. The molecule has 41 heavy (non-hydrogen) atoms. The van der Waals surface area contributed by atoms with Crippen molar-refractivity contribution in [1.29, 1.82) is 0 Å². The minimum Gasteiger partial charge on any atom is -0.508 e. The Balaban J connectivity index is 2.60. The maximum Gasteiger partial charge on any atom is 0.119 e. The molecule has 0 aliphatic heterocycles. The molecule has 0 saturated carbocycles. The lowest BCUT2D eigenvalue weighted by atomic mass is 9.71. The van der Waals surface area contributed by atoms with E-state index in [1.807, 2.05) is 12.1 Å². The first-order valence-corrected chi connectivity index (χ1v) is 17.5. The lowest BCUT2D eigenvalue weighted by Crippen LogP contribution is -2.24. The molecule has 0 aliphatic carbocycles. The van der Waals surface area contributed by atoms with Crippen molar-refractivity contribution in [3.63, 3.8) is 0 Å². The summed E-state index contributed by atoms with van der Waals surface area (Å²) < 4.78 is 0. The van der Waals surface area contributed by atoms with Crippen LogP contribution >= 0.6 is 0 Å². The Morgan fingerprint density at radius 1 is 0.415 bits per heavy atom. The van der Waals surface area contributed by atoms with Crippen molar-refractivity contribution in [3.8, 4) is 11.5 Å². The zero-order chi connectivity index (χ0) is 30.1. The van der Waals surface area contributed by atoms with E-state index in [0.717, 1.165) is 38.5 Å². The van der Waals surface area contributed by atoms with Crippen molar-refractivity contribution < 1.29 is 10.2 Å². The second kappa shape index (κ2) is 19.3. The molecule has 2 nitrogen and oxygen atoms in total. The highest BCUT2D eigenvalue weighted by atomic mass is 16.3. The van der Waals surface area contributed by atoms with Gasteiger partial charge in [0.05, 0.1) is 0 Å². The molecule has 0 heterocycles. The largest absolute Gasteiger partial charge is 0.508 e. The number of hydrogen-bond acceptors (Lipinski definition) is 2. The van der Waals surface area contributed by atoms with Gasteiger partial charge in [0.15, 0.2) is 0 Å². The lowest BCUT2D eigenvalue weighted by Gasteiger charge is -2.33. The van der Waals surface area contributed by atoms with Crippen LogP contribution in [-0.2, 0) is 31.1 Å². The van der Waals surface area contributed by atoms with Crippen LogP contribution in [0.1, 0.15) is 178 Å². The number of phenolic OH excluding ortho intramolecular Hbond substituents is 2. The summed E-state index contributed by atoms with van der Waals surface area (Å²) in [4.78, 5) is 0. The Morgan fingerprint density at radius 2 is 0.707 bits per heavy atom. The van der Waals surface area contributed by atoms with Crippen LogP contribution in [0.2, 0.25) is 0 Å². The summed E-state index contributed by atoms with van der Waals surface area (Å²) in [5.74, 6) is 0.960. The summed E-state index contributed by atoms with van der Waals surface area (Å²) in [6, 6.07) is 8.37. The van der Waals surface area contributed by atoms with Crippen molar-refractivity contribution in [2.75, 3.05) is 0 Å². The Hall–Kier alpha value is -1.96. The molecule has 0 atom stereocenters. The third kappa shape index (κ3) is 10.7. The van der Waals surface area contributed by atoms with E-state index in [0.29, 0.717) is 11.5 Å². The molecule has 0 radical (unpaired) electrons. The van der Waals surface area contributed by atoms with Gasteiger partial charge in [0, 0.05) is 5.41 Å². The number of aromatic hydroxyl groups is 2. The van der Waals surface area contributed by atoms with Crippen LogP contribution in [-0.4, -0.2) is 10.2 Å². The molecule has 0 fully saturated rings. The van der Waals surface area contributed by atoms with Gasteiger partial charge in [-0.1, -0.05) is 131 Å². The third-order valence-corrected chi connectivity index (χ3v) is 9.28. The van der Waals surface area contributed by atoms with E-state index < -0.39 is 0 Å². The summed E-state index contributed by atoms with van der Waals surface area (Å²) in [6.07, 6.45) is 23.5. The lowest BCUT2D eigenvalue weighted by molar-refractivity contribution is 0.461. The average Bonchev–Trinajstić information content (AvgIpc) is 2.95. The van der Waals surface area contributed by atoms with E-state index in [2.05, 4.69) is 53.7 Å². The van der Waals surface area contributed by atoms with Crippen LogP contribution in [0.4, 0.5) is 0 Å². The minimum atomic E-state index is -0.210. The van der Waals surface area contributed by atoms with Gasteiger partial charge in [-0.3, -0.25) is 0 Å². The molecular weight excluding hydrogens is 500 g/mol. The maximum atomic E-state index is 11.1. The van der Waals surface area contributed by atoms with E-state index in [1.165, 1.54) is 123 Å². The quantitative estimate of drug-likeness (QED) is 0.140. The van der Waals surface area contributed by atoms with Crippen molar-refractivity contribution in [2.24, 2.45) is 0 Å². The molecule has 0 saturated heterocycles. The van der Waals surface area contributed by atoms with E-state index in [9.17, 15) is 10.2 Å². The van der Waals surface area contributed by atoms with Gasteiger partial charge >= 0.3 is 0 Å². The average molecular weight is 565 g/mol. The summed E-state index contributed by atoms with van der Waals surface area (Å²) >= 11 is 0. The summed E-state index contributed by atoms with van der Waals surface area (Å²) in [5, 5.41) is 22.2. The van der Waals surface area contributed by atoms with E-state index in [4.69, 9.17) is 0 Å². The molecule has 0 unspecified atom stereocenters. The SMILES string of the molecule is CCCCCCc1c(O)ccc(C(C)(C)c2ccc(O)c(CCCCCC)c2CCCCCC)c1CCCCCC. The number of rotatable bonds is 22. The second-order valence-corrected chi connectivity index (χ2v) is 13.0. The molecule has 0 bridgehead atoms. The van der Waals surface area contributed by atoms with Crippen LogP contribution in [0.25, 0.3) is 0 Å². The Bertz CT molecular complexity index is 924. The highest BCUT2D eigenvalue weighted by Crippen LogP contribution is 2.43. The van der Waals surface area contributed by atoms with Crippen LogP contribution in [0.3, 0.4) is 0 Å². The second-order valence-electron chi connectivity index (χ2n) is 13.0. The number of phenols is 2. The van der Waals surface area contributed by atoms with Gasteiger partial charge in [0.25, 0.3) is 0 Å². The standard InChI is InChI=1S/C39H64O2/c1-7-11-15-19-23-31-33(25-21-17-13-9-3)37(40)29-27-35(31)39(5,6)36-28-30-38(41)34(26-22-18-14-10-4)32(36)24-20-16-12-8-2/h27-30,40-41H,7-26H2,1-6H3. The third-order valence-electron chi connectivity index (χ3n) is 9.28. The molecule has 2 heteroatoms. The van der Waals surface area contributed by atoms with E-state index >= 15 is 0 Å². The molecule has 0 spiro atoms. The molecule has 232 valence electrons. The molecule has 0 amide bonds. The first kappa shape index (κ1) is 35.2. The van der Waals surface area contributed by atoms with Crippen LogP contribution in [0, 0.1) is 0 Å². The van der Waals surface area contributed by atoms with Gasteiger partial charge in [-0.05, 0) is 96.9 Å². The van der Waals surface area contributed by atoms with E-state index in [1.54, 1.807) is 0 Å². The van der Waals surface area contributed by atoms with Gasteiger partial charge < -0.3 is 10.2 Å². The first-order valence-electron chi connectivity index (χ1n) is 17.5. The van der Waals surface area contributed by atoms with E-state index in [-0.39, 0.29) is 5.41 Å². The van der Waals surface area contributed by atoms with Crippen LogP contribution < -0.4 is 0 Å². The van der Waals surface area contributed by atoms with Crippen molar-refractivity contribution in [3.05, 3.63) is 57.6 Å². The fraction of sp³-hybridized carbons (Fsp3) is 0.692. The first-order chi connectivity index (χ1) is 19.8. The molecule has 0 aliphatic rings. The smallest absolute Gasteiger partial charge is 0.119 e. The Morgan fingerprint density at radius 3 is 1.00 bits per heavy atom. The fourth-order valence-electron chi connectivity index (χ4n) is 6.72. The molecule has 2 aromatic carbocycles. The molecule has 2 N–H and O–H groups in total. The molecule has 2 aromatic rings. The number of hydrogen-bond donors (Lipinski definition) is 2. The van der Waals surface area contributed by atoms with Gasteiger partial charge in [-0.15, -0.1) is 0 Å². The summed E-state index contributed by atoms with van der Waals surface area (Å²) in [5.41, 5.74) is 7.67. The molecular formula is C39H64O2. The predicted octanol–water partition coefficient (Wildman–Crippen LogP) is 11.9. The maximum absolute atomic E-state index is 11.1. The van der Waals surface area contributed by atoms with Crippen molar-refractivity contribution >= 4 is 0 Å². The summed E-state index contributed by atoms with van der Waals surface area (Å²) in [7, 11) is 0. The van der Waals surface area contributed by atoms with Crippen LogP contribution in [0.5, 0.6) is 11.5 Å². The minimum absolute atomic E-state index is 0.210. The summed E-state index contributed by atoms with van der Waals surface area (Å²) in [6.45, 7) is 13.8. The van der Waals surface area contributed by atoms with Crippen molar-refractivity contribution in [2.45, 2.75) is 175 Å². The highest BCUT2D eigenvalue weighted by Gasteiger charge is 2.31. The predicted molar refractivity (Wildman–Crippen MR) is 180 cm³/mol. The Kier molecular flexibility index (Phi) is 16.6. The normalized spacial score (nSPS) is 11.9. The zero-order valence-corrected chi connectivity index (χ0v) is 27.8. The van der Waals surface area contributed by atoms with Crippen molar-refractivity contribution in [1.82, 2.24) is 0 Å². The number of benzene rings is 2. The fourth-order valence-corrected chi connectivity index (χ4v) is 6.72. The monoisotopic (exact) mass is 564 g/mol. The van der Waals surface area contributed by atoms with Gasteiger partial charge in [-0.2, -0.15) is 0 Å². The van der Waals surface area contributed by atoms with Gasteiger partial charge in [0.1, 0.15) is 11.5 Å². The van der Waals surface area contributed by atoms with Gasteiger partial charge in [-0.25, -0.2) is 0 Å². The highest BCUT2D eigenvalue weighted by molar-refractivity contribution is 5.55. The topological polar surface area (TPSA) is 40.5 Å².